The minimum Gasteiger partial charge on any atom is -0.389 e. The van der Waals surface area contributed by atoms with E-state index >= 15 is 0 Å². The number of rotatable bonds is 8. The largest absolute Gasteiger partial charge is 0.389 e. The maximum Gasteiger partial charge on any atom is 0.0898 e. The average molecular weight is 245 g/mol. The Labute approximate surface area is 105 Å². The van der Waals surface area contributed by atoms with Crippen molar-refractivity contribution in [1.29, 1.82) is 0 Å². The van der Waals surface area contributed by atoms with Crippen LogP contribution in [0.3, 0.4) is 0 Å². The standard InChI is InChI=1S/C13H27NO3/c1-13(2,10-16-3)14-8-11(15)9-17-12-6-4-5-7-12/h11-12,14-15H,4-10H2,1-3H3. The molecule has 17 heavy (non-hydrogen) atoms. The van der Waals surface area contributed by atoms with E-state index in [4.69, 9.17) is 9.47 Å². The van der Waals surface area contributed by atoms with Gasteiger partial charge >= 0.3 is 0 Å². The van der Waals surface area contributed by atoms with Gasteiger partial charge in [0.15, 0.2) is 0 Å². The molecule has 1 saturated carbocycles. The zero-order valence-electron chi connectivity index (χ0n) is 11.4. The fourth-order valence-electron chi connectivity index (χ4n) is 2.17. The Balaban J connectivity index is 2.09. The number of hydrogen-bond acceptors (Lipinski definition) is 4. The van der Waals surface area contributed by atoms with Crippen LogP contribution in [0.15, 0.2) is 0 Å². The van der Waals surface area contributed by atoms with Crippen molar-refractivity contribution in [3.05, 3.63) is 0 Å². The van der Waals surface area contributed by atoms with Gasteiger partial charge in [0, 0.05) is 19.2 Å². The van der Waals surface area contributed by atoms with Crippen LogP contribution in [0, 0.1) is 0 Å². The van der Waals surface area contributed by atoms with E-state index in [-0.39, 0.29) is 5.54 Å². The third-order valence-electron chi connectivity index (χ3n) is 3.15. The smallest absolute Gasteiger partial charge is 0.0898 e. The fraction of sp³-hybridized carbons (Fsp3) is 1.00. The van der Waals surface area contributed by atoms with Crippen LogP contribution in [-0.4, -0.2) is 49.7 Å². The summed E-state index contributed by atoms with van der Waals surface area (Å²) in [5, 5.41) is 13.1. The highest BCUT2D eigenvalue weighted by Crippen LogP contribution is 2.20. The van der Waals surface area contributed by atoms with Gasteiger partial charge in [-0.05, 0) is 26.7 Å². The Bertz CT molecular complexity index is 203. The molecule has 0 aliphatic heterocycles. The molecule has 4 heteroatoms. The van der Waals surface area contributed by atoms with E-state index in [1.807, 2.05) is 0 Å². The van der Waals surface area contributed by atoms with Gasteiger partial charge in [-0.3, -0.25) is 0 Å². The quantitative estimate of drug-likeness (QED) is 0.677. The van der Waals surface area contributed by atoms with Crippen LogP contribution < -0.4 is 5.32 Å². The van der Waals surface area contributed by atoms with Crippen LogP contribution in [0.25, 0.3) is 0 Å². The molecule has 1 aliphatic carbocycles. The first-order valence-corrected chi connectivity index (χ1v) is 6.57. The molecule has 1 atom stereocenters. The van der Waals surface area contributed by atoms with E-state index in [1.165, 1.54) is 12.8 Å². The second-order valence-electron chi connectivity index (χ2n) is 5.59. The minimum absolute atomic E-state index is 0.108. The monoisotopic (exact) mass is 245 g/mol. The van der Waals surface area contributed by atoms with Crippen molar-refractivity contribution in [3.8, 4) is 0 Å². The van der Waals surface area contributed by atoms with Gasteiger partial charge in [0.1, 0.15) is 0 Å². The SMILES string of the molecule is COCC(C)(C)NCC(O)COC1CCCC1. The molecular weight excluding hydrogens is 218 g/mol. The zero-order valence-corrected chi connectivity index (χ0v) is 11.4. The first-order valence-electron chi connectivity index (χ1n) is 6.57. The van der Waals surface area contributed by atoms with Gasteiger partial charge in [-0.2, -0.15) is 0 Å². The summed E-state index contributed by atoms with van der Waals surface area (Å²) in [5.41, 5.74) is -0.108. The van der Waals surface area contributed by atoms with E-state index in [0.717, 1.165) is 12.8 Å². The summed E-state index contributed by atoms with van der Waals surface area (Å²) >= 11 is 0. The number of aliphatic hydroxyl groups excluding tert-OH is 1. The van der Waals surface area contributed by atoms with Gasteiger partial charge in [0.2, 0.25) is 0 Å². The Morgan fingerprint density at radius 2 is 2.00 bits per heavy atom. The Morgan fingerprint density at radius 1 is 1.35 bits per heavy atom. The molecule has 0 radical (unpaired) electrons. The van der Waals surface area contributed by atoms with Crippen molar-refractivity contribution in [2.75, 3.05) is 26.9 Å². The first-order chi connectivity index (χ1) is 8.03. The van der Waals surface area contributed by atoms with E-state index in [0.29, 0.717) is 25.9 Å². The predicted molar refractivity (Wildman–Crippen MR) is 68.2 cm³/mol. The highest BCUT2D eigenvalue weighted by molar-refractivity contribution is 4.78. The van der Waals surface area contributed by atoms with Gasteiger partial charge < -0.3 is 19.9 Å². The molecule has 0 saturated heterocycles. The summed E-state index contributed by atoms with van der Waals surface area (Å²) < 4.78 is 10.8. The van der Waals surface area contributed by atoms with Crippen molar-refractivity contribution < 1.29 is 14.6 Å². The molecule has 1 aliphatic rings. The second kappa shape index (κ2) is 7.31. The Kier molecular flexibility index (Phi) is 6.41. The molecule has 0 aromatic carbocycles. The Hall–Kier alpha value is -0.160. The van der Waals surface area contributed by atoms with Crippen LogP contribution in [-0.2, 0) is 9.47 Å². The lowest BCUT2D eigenvalue weighted by atomic mass is 10.1. The van der Waals surface area contributed by atoms with Gasteiger partial charge in [-0.1, -0.05) is 12.8 Å². The topological polar surface area (TPSA) is 50.7 Å². The molecule has 102 valence electrons. The number of β-amino-alcohol motifs (C(OH)–C–C–N with tert-alkyl or cyclic N) is 1. The van der Waals surface area contributed by atoms with Gasteiger partial charge in [0.25, 0.3) is 0 Å². The first kappa shape index (κ1) is 14.9. The van der Waals surface area contributed by atoms with Crippen molar-refractivity contribution in [2.45, 2.75) is 57.3 Å². The van der Waals surface area contributed by atoms with E-state index in [2.05, 4.69) is 19.2 Å². The van der Waals surface area contributed by atoms with Crippen LogP contribution in [0.2, 0.25) is 0 Å². The van der Waals surface area contributed by atoms with Crippen LogP contribution >= 0.6 is 0 Å². The molecule has 1 fully saturated rings. The summed E-state index contributed by atoms with van der Waals surface area (Å²) in [6.45, 7) is 5.72. The van der Waals surface area contributed by atoms with Crippen molar-refractivity contribution in [3.63, 3.8) is 0 Å². The molecule has 0 aromatic rings. The summed E-state index contributed by atoms with van der Waals surface area (Å²) in [6.07, 6.45) is 4.76. The molecular formula is C13H27NO3. The molecule has 4 nitrogen and oxygen atoms in total. The Morgan fingerprint density at radius 3 is 2.59 bits per heavy atom. The third-order valence-corrected chi connectivity index (χ3v) is 3.15. The van der Waals surface area contributed by atoms with Crippen molar-refractivity contribution >= 4 is 0 Å². The molecule has 0 bridgehead atoms. The highest BCUT2D eigenvalue weighted by atomic mass is 16.5. The van der Waals surface area contributed by atoms with Crippen LogP contribution in [0.4, 0.5) is 0 Å². The molecule has 1 unspecified atom stereocenters. The summed E-state index contributed by atoms with van der Waals surface area (Å²) in [7, 11) is 1.68. The number of hydrogen-bond donors (Lipinski definition) is 2. The second-order valence-corrected chi connectivity index (χ2v) is 5.59. The van der Waals surface area contributed by atoms with E-state index < -0.39 is 6.10 Å². The third kappa shape index (κ3) is 6.36. The fourth-order valence-corrected chi connectivity index (χ4v) is 2.17. The number of methoxy groups -OCH3 is 1. The molecule has 0 amide bonds. The lowest BCUT2D eigenvalue weighted by Crippen LogP contribution is -2.47. The lowest BCUT2D eigenvalue weighted by Gasteiger charge is -2.27. The molecule has 0 heterocycles. The maximum absolute atomic E-state index is 9.81. The van der Waals surface area contributed by atoms with Crippen LogP contribution in [0.5, 0.6) is 0 Å². The summed E-state index contributed by atoms with van der Waals surface area (Å²) in [6, 6.07) is 0. The van der Waals surface area contributed by atoms with Crippen molar-refractivity contribution in [2.24, 2.45) is 0 Å². The molecule has 1 rings (SSSR count). The number of nitrogens with one attached hydrogen (secondary N) is 1. The molecule has 0 spiro atoms. The summed E-state index contributed by atoms with van der Waals surface area (Å²) in [4.78, 5) is 0. The average Bonchev–Trinajstić information content (AvgIpc) is 2.76. The maximum atomic E-state index is 9.81. The van der Waals surface area contributed by atoms with Crippen LogP contribution in [0.1, 0.15) is 39.5 Å². The zero-order chi connectivity index (χ0) is 12.7. The highest BCUT2D eigenvalue weighted by Gasteiger charge is 2.20. The van der Waals surface area contributed by atoms with Gasteiger partial charge in [-0.25, -0.2) is 0 Å². The minimum atomic E-state index is -0.438. The molecule has 0 aromatic heterocycles. The van der Waals surface area contributed by atoms with E-state index in [9.17, 15) is 5.11 Å². The summed E-state index contributed by atoms with van der Waals surface area (Å²) in [5.74, 6) is 0. The molecule has 2 N–H and O–H groups in total. The van der Waals surface area contributed by atoms with Gasteiger partial charge in [0.05, 0.1) is 25.4 Å². The number of aliphatic hydroxyl groups is 1. The predicted octanol–water partition coefficient (Wildman–Crippen LogP) is 1.32. The van der Waals surface area contributed by atoms with E-state index in [1.54, 1.807) is 7.11 Å². The lowest BCUT2D eigenvalue weighted by molar-refractivity contribution is -0.00915. The van der Waals surface area contributed by atoms with Gasteiger partial charge in [-0.15, -0.1) is 0 Å². The normalized spacial score (nSPS) is 19.8. The number of ether oxygens (including phenoxy) is 2. The van der Waals surface area contributed by atoms with Crippen molar-refractivity contribution in [1.82, 2.24) is 5.32 Å².